The summed E-state index contributed by atoms with van der Waals surface area (Å²) in [5.74, 6) is 0.0427. The molecule has 1 aromatic rings. The van der Waals surface area contributed by atoms with Gasteiger partial charge in [-0.25, -0.2) is 13.6 Å². The van der Waals surface area contributed by atoms with Crippen LogP contribution in [0.2, 0.25) is 0 Å². The third-order valence-electron chi connectivity index (χ3n) is 1.95. The van der Waals surface area contributed by atoms with Crippen molar-refractivity contribution in [2.45, 2.75) is 11.3 Å². The van der Waals surface area contributed by atoms with Crippen LogP contribution in [0.1, 0.15) is 5.56 Å². The molecule has 0 unspecified atom stereocenters. The number of benzene rings is 1. The number of nitrogens with zero attached hydrogens (tertiary/aromatic N) is 1. The van der Waals surface area contributed by atoms with E-state index in [0.29, 0.717) is 13.0 Å². The van der Waals surface area contributed by atoms with Crippen LogP contribution < -0.4 is 16.6 Å². The van der Waals surface area contributed by atoms with E-state index in [1.807, 2.05) is 0 Å². The first-order valence-electron chi connectivity index (χ1n) is 4.57. The molecule has 0 aliphatic carbocycles. The molecule has 6 N–H and O–H groups in total. The lowest BCUT2D eigenvalue weighted by Crippen LogP contribution is -2.23. The molecule has 0 fully saturated rings. The van der Waals surface area contributed by atoms with Gasteiger partial charge >= 0.3 is 0 Å². The molecule has 8 heteroatoms. The van der Waals surface area contributed by atoms with Crippen LogP contribution in [0.3, 0.4) is 0 Å². The number of hydrogen-bond donors (Lipinski definition) is 3. The third-order valence-corrected chi connectivity index (χ3v) is 2.88. The first-order valence-corrected chi connectivity index (χ1v) is 6.11. The van der Waals surface area contributed by atoms with Gasteiger partial charge < -0.3 is 11.5 Å². The second-order valence-corrected chi connectivity index (χ2v) is 4.81. The minimum atomic E-state index is -3.62. The summed E-state index contributed by atoms with van der Waals surface area (Å²) in [5, 5.41) is 4.96. The first kappa shape index (κ1) is 15.7. The van der Waals surface area contributed by atoms with E-state index in [1.54, 1.807) is 12.1 Å². The summed E-state index contributed by atoms with van der Waals surface area (Å²) in [6.07, 6.45) is 0.642. The Bertz CT molecular complexity index is 480. The molecule has 0 aromatic heterocycles. The van der Waals surface area contributed by atoms with Gasteiger partial charge in [0.05, 0.1) is 4.90 Å². The maximum absolute atomic E-state index is 11.0. The van der Waals surface area contributed by atoms with Gasteiger partial charge in [-0.05, 0) is 24.1 Å². The summed E-state index contributed by atoms with van der Waals surface area (Å²) in [5.41, 5.74) is 11.3. The quantitative estimate of drug-likeness (QED) is 0.510. The van der Waals surface area contributed by atoms with E-state index in [1.165, 1.54) is 12.1 Å². The molecule has 0 atom stereocenters. The Balaban J connectivity index is 0.00000256. The minimum Gasteiger partial charge on any atom is -0.370 e. The van der Waals surface area contributed by atoms with Crippen LogP contribution in [0.25, 0.3) is 0 Å². The van der Waals surface area contributed by atoms with Gasteiger partial charge in [-0.2, -0.15) is 0 Å². The third kappa shape index (κ3) is 5.53. The zero-order valence-corrected chi connectivity index (χ0v) is 10.7. The van der Waals surface area contributed by atoms with Gasteiger partial charge in [-0.1, -0.05) is 12.1 Å². The molecule has 0 aliphatic heterocycles. The lowest BCUT2D eigenvalue weighted by molar-refractivity contribution is 0.598. The number of aliphatic imine (C=N–C) groups is 1. The van der Waals surface area contributed by atoms with Gasteiger partial charge in [-0.3, -0.25) is 4.99 Å². The van der Waals surface area contributed by atoms with Crippen molar-refractivity contribution in [2.75, 3.05) is 6.54 Å². The number of halogens is 1. The smallest absolute Gasteiger partial charge is 0.238 e. The van der Waals surface area contributed by atoms with Crippen molar-refractivity contribution in [2.24, 2.45) is 21.6 Å². The molecular weight excluding hydrogens is 264 g/mol. The molecule has 0 saturated carbocycles. The molecule has 0 aliphatic rings. The van der Waals surface area contributed by atoms with Gasteiger partial charge in [0.15, 0.2) is 5.96 Å². The predicted molar refractivity (Wildman–Crippen MR) is 69.4 cm³/mol. The van der Waals surface area contributed by atoms with Crippen LogP contribution in [0, 0.1) is 0 Å². The largest absolute Gasteiger partial charge is 0.370 e. The standard InChI is InChI=1S/C9H14N4O2S.ClH/c10-9(11)13-6-5-7-1-3-8(4-2-7)16(12,14)15;/h1-4H,5-6H2,(H4,10,11,13)(H2,12,14,15);1H. The van der Waals surface area contributed by atoms with E-state index in [0.717, 1.165) is 5.56 Å². The molecule has 0 heterocycles. The van der Waals surface area contributed by atoms with Crippen LogP contribution in [0.5, 0.6) is 0 Å². The lowest BCUT2D eigenvalue weighted by Gasteiger charge is -2.01. The van der Waals surface area contributed by atoms with Crippen molar-refractivity contribution < 1.29 is 8.42 Å². The Morgan fingerprint density at radius 1 is 1.18 bits per heavy atom. The highest BCUT2D eigenvalue weighted by Crippen LogP contribution is 2.09. The summed E-state index contributed by atoms with van der Waals surface area (Å²) < 4.78 is 21.9. The normalized spacial score (nSPS) is 10.4. The van der Waals surface area contributed by atoms with Gasteiger partial charge in [0.2, 0.25) is 10.0 Å². The highest BCUT2D eigenvalue weighted by Gasteiger charge is 2.06. The fraction of sp³-hybridized carbons (Fsp3) is 0.222. The number of sulfonamides is 1. The molecule has 6 nitrogen and oxygen atoms in total. The fourth-order valence-corrected chi connectivity index (χ4v) is 1.68. The zero-order chi connectivity index (χ0) is 12.2. The highest BCUT2D eigenvalue weighted by molar-refractivity contribution is 7.89. The van der Waals surface area contributed by atoms with Crippen molar-refractivity contribution in [1.82, 2.24) is 0 Å². The molecule has 17 heavy (non-hydrogen) atoms. The van der Waals surface area contributed by atoms with E-state index < -0.39 is 10.0 Å². The topological polar surface area (TPSA) is 125 Å². The first-order chi connectivity index (χ1) is 7.39. The van der Waals surface area contributed by atoms with E-state index in [9.17, 15) is 8.42 Å². The summed E-state index contributed by atoms with van der Waals surface area (Å²) in [6, 6.07) is 6.28. The Morgan fingerprint density at radius 2 is 1.71 bits per heavy atom. The summed E-state index contributed by atoms with van der Waals surface area (Å²) in [7, 11) is -3.62. The average Bonchev–Trinajstić information content (AvgIpc) is 2.16. The number of nitrogens with two attached hydrogens (primary N) is 3. The van der Waals surface area contributed by atoms with E-state index in [2.05, 4.69) is 4.99 Å². The molecule has 1 aromatic carbocycles. The van der Waals surface area contributed by atoms with Crippen molar-refractivity contribution in [3.05, 3.63) is 29.8 Å². The second-order valence-electron chi connectivity index (χ2n) is 3.25. The molecule has 0 spiro atoms. The molecule has 0 amide bonds. The van der Waals surface area contributed by atoms with E-state index in [-0.39, 0.29) is 23.3 Å². The summed E-state index contributed by atoms with van der Waals surface area (Å²) in [4.78, 5) is 3.92. The fourth-order valence-electron chi connectivity index (χ4n) is 1.16. The van der Waals surface area contributed by atoms with Crippen LogP contribution in [0.15, 0.2) is 34.2 Å². The van der Waals surface area contributed by atoms with E-state index >= 15 is 0 Å². The Morgan fingerprint density at radius 3 is 2.12 bits per heavy atom. The Hall–Kier alpha value is -1.31. The van der Waals surface area contributed by atoms with Crippen molar-refractivity contribution in [3.63, 3.8) is 0 Å². The molecule has 0 radical (unpaired) electrons. The Labute approximate surface area is 106 Å². The van der Waals surface area contributed by atoms with Crippen molar-refractivity contribution in [3.8, 4) is 0 Å². The minimum absolute atomic E-state index is 0. The molecule has 1 rings (SSSR count). The predicted octanol–water partition coefficient (Wildman–Crippen LogP) is -0.428. The van der Waals surface area contributed by atoms with Crippen LogP contribution in [0.4, 0.5) is 0 Å². The van der Waals surface area contributed by atoms with Gasteiger partial charge in [0.1, 0.15) is 0 Å². The number of hydrogen-bond acceptors (Lipinski definition) is 3. The number of guanidine groups is 1. The van der Waals surface area contributed by atoms with Gasteiger partial charge in [-0.15, -0.1) is 12.4 Å². The monoisotopic (exact) mass is 278 g/mol. The summed E-state index contributed by atoms with van der Waals surface area (Å²) in [6.45, 7) is 0.469. The number of rotatable bonds is 4. The molecular formula is C9H15ClN4O2S. The van der Waals surface area contributed by atoms with Crippen LogP contribution in [-0.4, -0.2) is 20.9 Å². The van der Waals surface area contributed by atoms with Crippen LogP contribution in [-0.2, 0) is 16.4 Å². The second kappa shape index (κ2) is 6.43. The van der Waals surface area contributed by atoms with Crippen molar-refractivity contribution >= 4 is 28.4 Å². The highest BCUT2D eigenvalue weighted by atomic mass is 35.5. The molecule has 0 saturated heterocycles. The lowest BCUT2D eigenvalue weighted by atomic mass is 10.1. The number of primary sulfonamides is 1. The van der Waals surface area contributed by atoms with Crippen molar-refractivity contribution in [1.29, 1.82) is 0 Å². The summed E-state index contributed by atoms with van der Waals surface area (Å²) >= 11 is 0. The maximum Gasteiger partial charge on any atom is 0.238 e. The Kier molecular flexibility index (Phi) is 5.94. The van der Waals surface area contributed by atoms with Gasteiger partial charge in [0.25, 0.3) is 0 Å². The maximum atomic E-state index is 11.0. The SMILES string of the molecule is Cl.NC(N)=NCCc1ccc(S(N)(=O)=O)cc1. The zero-order valence-electron chi connectivity index (χ0n) is 9.04. The van der Waals surface area contributed by atoms with Crippen LogP contribution >= 0.6 is 12.4 Å². The molecule has 0 bridgehead atoms. The molecule has 96 valence electrons. The van der Waals surface area contributed by atoms with Gasteiger partial charge in [0, 0.05) is 6.54 Å². The average molecular weight is 279 g/mol. The van der Waals surface area contributed by atoms with E-state index in [4.69, 9.17) is 16.6 Å².